The van der Waals surface area contributed by atoms with Gasteiger partial charge in [-0.25, -0.2) is 8.78 Å². The van der Waals surface area contributed by atoms with Crippen molar-refractivity contribution < 1.29 is 48.6 Å². The fourth-order valence-corrected chi connectivity index (χ4v) is 0.939. The Labute approximate surface area is 86.3 Å². The van der Waals surface area contributed by atoms with E-state index in [9.17, 15) is 43.9 Å². The summed E-state index contributed by atoms with van der Waals surface area (Å²) in [4.78, 5) is 0. The highest BCUT2D eigenvalue weighted by molar-refractivity contribution is 5.22. The molecule has 1 fully saturated rings. The van der Waals surface area contributed by atoms with E-state index in [1.54, 1.807) is 0 Å². The molecule has 0 aliphatic carbocycles. The van der Waals surface area contributed by atoms with E-state index in [0.29, 0.717) is 0 Å². The topological polar surface area (TPSA) is 9.23 Å². The second-order valence-corrected chi connectivity index (χ2v) is 2.94. The molecule has 1 rings (SSSR count). The number of alkyl halides is 7. The van der Waals surface area contributed by atoms with Crippen LogP contribution in [0.5, 0.6) is 0 Å². The summed E-state index contributed by atoms with van der Waals surface area (Å²) in [7, 11) is 0. The molecule has 0 N–H and O–H groups in total. The van der Waals surface area contributed by atoms with Crippen molar-refractivity contribution in [2.45, 2.75) is 23.8 Å². The van der Waals surface area contributed by atoms with Crippen molar-refractivity contribution in [3.8, 4) is 0 Å². The lowest BCUT2D eigenvalue weighted by Crippen LogP contribution is -2.50. The van der Waals surface area contributed by atoms with E-state index in [1.807, 2.05) is 0 Å². The van der Waals surface area contributed by atoms with E-state index in [4.69, 9.17) is 0 Å². The van der Waals surface area contributed by atoms with Gasteiger partial charge >= 0.3 is 30.2 Å². The zero-order chi connectivity index (χ0) is 13.9. The first-order chi connectivity index (χ1) is 7.31. The molecule has 0 aromatic heterocycles. The van der Waals surface area contributed by atoms with E-state index >= 15 is 0 Å². The number of hydrogen-bond acceptors (Lipinski definition) is 1. The quantitative estimate of drug-likeness (QED) is 0.703. The van der Waals surface area contributed by atoms with Gasteiger partial charge < -0.3 is 0 Å². The second-order valence-electron chi connectivity index (χ2n) is 2.94. The summed E-state index contributed by atoms with van der Waals surface area (Å²) in [5.41, 5.74) is 0. The van der Waals surface area contributed by atoms with Crippen molar-refractivity contribution in [1.82, 2.24) is 0 Å². The van der Waals surface area contributed by atoms with Crippen molar-refractivity contribution in [3.05, 3.63) is 12.6 Å². The van der Waals surface area contributed by atoms with Crippen LogP contribution in [0.3, 0.4) is 0 Å². The van der Waals surface area contributed by atoms with E-state index in [1.165, 1.54) is 0 Å². The minimum absolute atomic E-state index is 2.18. The van der Waals surface area contributed by atoms with Crippen LogP contribution < -0.4 is 0 Å². The lowest BCUT2D eigenvalue weighted by atomic mass is 10.0. The maximum atomic E-state index is 12.9. The monoisotopic (exact) mass is 278 g/mol. The van der Waals surface area contributed by atoms with Crippen molar-refractivity contribution in [3.63, 3.8) is 0 Å². The first-order valence-electron chi connectivity index (χ1n) is 3.55. The molecule has 1 aliphatic heterocycles. The molecule has 0 aromatic rings. The second kappa shape index (κ2) is 3.39. The molecule has 0 bridgehead atoms. The van der Waals surface area contributed by atoms with Gasteiger partial charge in [-0.05, 0) is 0 Å². The fourth-order valence-electron chi connectivity index (χ4n) is 0.939. The Morgan fingerprint density at radius 1 is 1.00 bits per heavy atom. The van der Waals surface area contributed by atoms with Gasteiger partial charge in [0.1, 0.15) is 0 Å². The molecule has 0 amide bonds. The van der Waals surface area contributed by atoms with Crippen LogP contribution in [0.2, 0.25) is 0 Å². The van der Waals surface area contributed by atoms with Gasteiger partial charge in [-0.1, -0.05) is 0 Å². The van der Waals surface area contributed by atoms with Crippen LogP contribution >= 0.6 is 0 Å². The van der Waals surface area contributed by atoms with E-state index < -0.39 is 36.4 Å². The Morgan fingerprint density at radius 2 is 1.41 bits per heavy atom. The molecular weight excluding hydrogens is 278 g/mol. The predicted molar refractivity (Wildman–Crippen MR) is 29.6 cm³/mol. The largest absolute Gasteiger partial charge is 0.426 e. The van der Waals surface area contributed by atoms with Gasteiger partial charge in [0.05, 0.1) is 0 Å². The molecule has 2 radical (unpaired) electrons. The summed E-state index contributed by atoms with van der Waals surface area (Å²) < 4.78 is 124. The molecule has 17 heavy (non-hydrogen) atoms. The molecule has 1 unspecified atom stereocenters. The zero-order valence-corrected chi connectivity index (χ0v) is 7.19. The van der Waals surface area contributed by atoms with E-state index in [2.05, 4.69) is 4.74 Å². The van der Waals surface area contributed by atoms with Crippen LogP contribution in [0.15, 0.2) is 0 Å². The first-order valence-corrected chi connectivity index (χ1v) is 3.55. The lowest BCUT2D eigenvalue weighted by molar-refractivity contribution is -0.371. The van der Waals surface area contributed by atoms with Crippen molar-refractivity contribution in [2.24, 2.45) is 0 Å². The fraction of sp³-hybridized carbons (Fsp3) is 0.667. The highest BCUT2D eigenvalue weighted by Crippen LogP contribution is 2.63. The SMILES string of the molecule is F[C](F)C(F)(F)C1(F)OC(F)(F)C(F)(F)[C]1F. The molecule has 11 heteroatoms. The molecule has 1 aliphatic rings. The minimum Gasteiger partial charge on any atom is -0.269 e. The number of rotatable bonds is 2. The number of halogens is 10. The maximum Gasteiger partial charge on any atom is 0.426 e. The smallest absolute Gasteiger partial charge is 0.269 e. The average molecular weight is 278 g/mol. The summed E-state index contributed by atoms with van der Waals surface area (Å²) in [6, 6.07) is 0. The minimum atomic E-state index is -6.28. The van der Waals surface area contributed by atoms with Gasteiger partial charge in [0.15, 0.2) is 0 Å². The Balaban J connectivity index is 3.26. The average Bonchev–Trinajstić information content (AvgIpc) is 2.25. The highest BCUT2D eigenvalue weighted by atomic mass is 19.3. The van der Waals surface area contributed by atoms with Crippen molar-refractivity contribution >= 4 is 0 Å². The number of ether oxygens (including phenoxy) is 1. The molecule has 1 nitrogen and oxygen atoms in total. The van der Waals surface area contributed by atoms with Gasteiger partial charge in [-0.15, -0.1) is 0 Å². The van der Waals surface area contributed by atoms with Crippen LogP contribution in [0, 0.1) is 12.6 Å². The van der Waals surface area contributed by atoms with Gasteiger partial charge in [-0.3, -0.25) is 4.74 Å². The Kier molecular flexibility index (Phi) is 2.85. The van der Waals surface area contributed by atoms with Crippen molar-refractivity contribution in [2.75, 3.05) is 0 Å². The third-order valence-electron chi connectivity index (χ3n) is 1.83. The van der Waals surface area contributed by atoms with E-state index in [-0.39, 0.29) is 0 Å². The van der Waals surface area contributed by atoms with Gasteiger partial charge in [0.2, 0.25) is 0 Å². The Hall–Kier alpha value is -0.740. The third-order valence-corrected chi connectivity index (χ3v) is 1.83. The predicted octanol–water partition coefficient (Wildman–Crippen LogP) is 3.48. The summed E-state index contributed by atoms with van der Waals surface area (Å²) in [6.45, 7) is 0. The Morgan fingerprint density at radius 3 is 1.65 bits per heavy atom. The highest BCUT2D eigenvalue weighted by Gasteiger charge is 2.88. The molecule has 1 saturated heterocycles. The summed E-state index contributed by atoms with van der Waals surface area (Å²) >= 11 is 0. The summed E-state index contributed by atoms with van der Waals surface area (Å²) in [5.74, 6) is -18.3. The van der Waals surface area contributed by atoms with Gasteiger partial charge in [0.25, 0.3) is 6.17 Å². The molecule has 0 spiro atoms. The third kappa shape index (κ3) is 1.58. The molecule has 100 valence electrons. The lowest BCUT2D eigenvalue weighted by Gasteiger charge is -2.27. The normalized spacial score (nSPS) is 33.4. The maximum absolute atomic E-state index is 12.9. The van der Waals surface area contributed by atoms with Crippen LogP contribution in [0.25, 0.3) is 0 Å². The molecule has 0 aromatic carbocycles. The van der Waals surface area contributed by atoms with Crippen LogP contribution in [-0.4, -0.2) is 23.8 Å². The van der Waals surface area contributed by atoms with Crippen LogP contribution in [0.4, 0.5) is 43.9 Å². The van der Waals surface area contributed by atoms with E-state index in [0.717, 1.165) is 0 Å². The standard InChI is InChI=1S/C6F10O/c7-1-3(10,11)6(15,16)17-5(1,14)4(12,13)2(8)9. The van der Waals surface area contributed by atoms with Crippen LogP contribution in [0.1, 0.15) is 0 Å². The summed E-state index contributed by atoms with van der Waals surface area (Å²) in [5, 5.41) is 0. The molecular formula is C6F10O. The summed E-state index contributed by atoms with van der Waals surface area (Å²) in [6.07, 6.45) is -14.2. The van der Waals surface area contributed by atoms with Gasteiger partial charge in [0, 0.05) is 0 Å². The zero-order valence-electron chi connectivity index (χ0n) is 7.19. The Bertz CT molecular complexity index is 314. The van der Waals surface area contributed by atoms with Crippen molar-refractivity contribution in [1.29, 1.82) is 0 Å². The van der Waals surface area contributed by atoms with Gasteiger partial charge in [-0.2, -0.15) is 35.1 Å². The first kappa shape index (κ1) is 14.3. The molecule has 0 saturated carbocycles. The number of hydrogen-bond donors (Lipinski definition) is 0. The molecule has 1 atom stereocenters. The molecule has 1 heterocycles. The van der Waals surface area contributed by atoms with Crippen LogP contribution in [-0.2, 0) is 4.74 Å².